The first-order valence-electron chi connectivity index (χ1n) is 10.2. The Bertz CT molecular complexity index is 1140. The maximum atomic E-state index is 12.9. The highest BCUT2D eigenvalue weighted by Gasteiger charge is 2.29. The summed E-state index contributed by atoms with van der Waals surface area (Å²) in [5.74, 6) is 0.309. The van der Waals surface area contributed by atoms with Crippen molar-refractivity contribution in [3.63, 3.8) is 0 Å². The number of esters is 1. The topological polar surface area (TPSA) is 86.4 Å². The molecule has 0 saturated carbocycles. The number of piperidine rings is 1. The molecule has 1 aliphatic heterocycles. The van der Waals surface area contributed by atoms with E-state index in [4.69, 9.17) is 4.74 Å². The lowest BCUT2D eigenvalue weighted by atomic mass is 9.95. The van der Waals surface area contributed by atoms with Crippen LogP contribution in [0.5, 0.6) is 0 Å². The van der Waals surface area contributed by atoms with Crippen LogP contribution >= 0.6 is 0 Å². The molecule has 0 spiro atoms. The SMILES string of the molecule is COC(=O)c1ccc(C(=O)N2CCC(c3nn(C)c(=O)n3-c3ccccc3)CC2)cc1. The zero-order valence-electron chi connectivity index (χ0n) is 17.5. The molecule has 1 fully saturated rings. The van der Waals surface area contributed by atoms with Crippen LogP contribution in [0.3, 0.4) is 0 Å². The van der Waals surface area contributed by atoms with Gasteiger partial charge in [0.15, 0.2) is 0 Å². The van der Waals surface area contributed by atoms with Gasteiger partial charge in [0.05, 0.1) is 18.4 Å². The van der Waals surface area contributed by atoms with E-state index in [9.17, 15) is 14.4 Å². The highest BCUT2D eigenvalue weighted by atomic mass is 16.5. The lowest BCUT2D eigenvalue weighted by Crippen LogP contribution is -2.38. The number of carbonyl (C=O) groups is 2. The molecule has 0 atom stereocenters. The number of hydrogen-bond acceptors (Lipinski definition) is 5. The predicted molar refractivity (Wildman–Crippen MR) is 114 cm³/mol. The third-order valence-corrected chi connectivity index (χ3v) is 5.66. The smallest absolute Gasteiger partial charge is 0.350 e. The molecule has 4 rings (SSSR count). The molecule has 8 nitrogen and oxygen atoms in total. The Morgan fingerprint density at radius 3 is 2.19 bits per heavy atom. The lowest BCUT2D eigenvalue weighted by molar-refractivity contribution is 0.0599. The molecule has 0 radical (unpaired) electrons. The average Bonchev–Trinajstić information content (AvgIpc) is 3.13. The maximum absolute atomic E-state index is 12.9. The van der Waals surface area contributed by atoms with E-state index in [-0.39, 0.29) is 17.5 Å². The highest BCUT2D eigenvalue weighted by Crippen LogP contribution is 2.28. The monoisotopic (exact) mass is 420 g/mol. The van der Waals surface area contributed by atoms with E-state index in [2.05, 4.69) is 5.10 Å². The predicted octanol–water partition coefficient (Wildman–Crippen LogP) is 2.38. The number of aryl methyl sites for hydroxylation is 1. The van der Waals surface area contributed by atoms with Gasteiger partial charge in [0, 0.05) is 31.6 Å². The summed E-state index contributed by atoms with van der Waals surface area (Å²) in [7, 11) is 2.98. The Balaban J connectivity index is 1.48. The number of aromatic nitrogens is 3. The average molecular weight is 420 g/mol. The second-order valence-electron chi connectivity index (χ2n) is 7.57. The van der Waals surface area contributed by atoms with Crippen molar-refractivity contribution in [3.05, 3.63) is 82.0 Å². The van der Waals surface area contributed by atoms with Crippen molar-refractivity contribution in [2.75, 3.05) is 20.2 Å². The van der Waals surface area contributed by atoms with Crippen molar-refractivity contribution in [2.45, 2.75) is 18.8 Å². The lowest BCUT2D eigenvalue weighted by Gasteiger charge is -2.31. The molecular formula is C23H24N4O4. The molecule has 0 unspecified atom stereocenters. The second-order valence-corrected chi connectivity index (χ2v) is 7.57. The quantitative estimate of drug-likeness (QED) is 0.605. The number of likely N-dealkylation sites (tertiary alicyclic amines) is 1. The number of amides is 1. The number of nitrogens with zero attached hydrogens (tertiary/aromatic N) is 4. The van der Waals surface area contributed by atoms with Crippen molar-refractivity contribution < 1.29 is 14.3 Å². The van der Waals surface area contributed by atoms with Gasteiger partial charge in [0.2, 0.25) is 0 Å². The number of ether oxygens (including phenoxy) is 1. The molecule has 1 amide bonds. The summed E-state index contributed by atoms with van der Waals surface area (Å²) in [6, 6.07) is 16.0. The van der Waals surface area contributed by atoms with Gasteiger partial charge in [0.25, 0.3) is 5.91 Å². The Kier molecular flexibility index (Phi) is 5.70. The van der Waals surface area contributed by atoms with Crippen LogP contribution < -0.4 is 5.69 Å². The molecule has 0 bridgehead atoms. The minimum absolute atomic E-state index is 0.0728. The molecular weight excluding hydrogens is 396 g/mol. The van der Waals surface area contributed by atoms with Crippen molar-refractivity contribution in [1.29, 1.82) is 0 Å². The molecule has 2 heterocycles. The van der Waals surface area contributed by atoms with Crippen LogP contribution in [0.4, 0.5) is 0 Å². The minimum atomic E-state index is -0.431. The van der Waals surface area contributed by atoms with E-state index >= 15 is 0 Å². The molecule has 1 aromatic heterocycles. The van der Waals surface area contributed by atoms with Crippen LogP contribution in [0, 0.1) is 0 Å². The van der Waals surface area contributed by atoms with Gasteiger partial charge in [-0.25, -0.2) is 18.8 Å². The third-order valence-electron chi connectivity index (χ3n) is 5.66. The van der Waals surface area contributed by atoms with Gasteiger partial charge in [-0.3, -0.25) is 4.79 Å². The summed E-state index contributed by atoms with van der Waals surface area (Å²) in [5, 5.41) is 4.49. The van der Waals surface area contributed by atoms with Gasteiger partial charge >= 0.3 is 11.7 Å². The van der Waals surface area contributed by atoms with Gasteiger partial charge in [-0.05, 0) is 49.2 Å². The number of methoxy groups -OCH3 is 1. The minimum Gasteiger partial charge on any atom is -0.465 e. The first-order valence-corrected chi connectivity index (χ1v) is 10.2. The van der Waals surface area contributed by atoms with E-state index in [0.717, 1.165) is 24.4 Å². The fourth-order valence-corrected chi connectivity index (χ4v) is 3.96. The van der Waals surface area contributed by atoms with E-state index in [1.807, 2.05) is 30.3 Å². The molecule has 0 aliphatic carbocycles. The third kappa shape index (κ3) is 4.01. The number of para-hydroxylation sites is 1. The zero-order chi connectivity index (χ0) is 22.0. The fraction of sp³-hybridized carbons (Fsp3) is 0.304. The summed E-state index contributed by atoms with van der Waals surface area (Å²) in [4.78, 5) is 38.9. The number of rotatable bonds is 4. The zero-order valence-corrected chi connectivity index (χ0v) is 17.5. The van der Waals surface area contributed by atoms with Gasteiger partial charge < -0.3 is 9.64 Å². The second kappa shape index (κ2) is 8.59. The van der Waals surface area contributed by atoms with Gasteiger partial charge in [-0.2, -0.15) is 5.10 Å². The van der Waals surface area contributed by atoms with Crippen molar-refractivity contribution in [1.82, 2.24) is 19.2 Å². The summed E-state index contributed by atoms with van der Waals surface area (Å²) >= 11 is 0. The van der Waals surface area contributed by atoms with Crippen LogP contribution in [0.2, 0.25) is 0 Å². The maximum Gasteiger partial charge on any atom is 0.350 e. The van der Waals surface area contributed by atoms with Gasteiger partial charge in [0.1, 0.15) is 5.82 Å². The molecule has 31 heavy (non-hydrogen) atoms. The van der Waals surface area contributed by atoms with E-state index in [0.29, 0.717) is 24.2 Å². The number of benzene rings is 2. The first kappa shape index (κ1) is 20.6. The Labute approximate surface area is 179 Å². The summed E-state index contributed by atoms with van der Waals surface area (Å²) in [6.07, 6.45) is 1.44. The Morgan fingerprint density at radius 2 is 1.58 bits per heavy atom. The number of hydrogen-bond donors (Lipinski definition) is 0. The Morgan fingerprint density at radius 1 is 0.968 bits per heavy atom. The summed E-state index contributed by atoms with van der Waals surface area (Å²) in [5.41, 5.74) is 1.56. The molecule has 3 aromatic rings. The summed E-state index contributed by atoms with van der Waals surface area (Å²) in [6.45, 7) is 1.14. The Hall–Kier alpha value is -3.68. The standard InChI is InChI=1S/C23H24N4O4/c1-25-23(30)27(19-6-4-3-5-7-19)20(24-25)16-12-14-26(15-13-16)21(28)17-8-10-18(11-9-17)22(29)31-2/h3-11,16H,12-15H2,1-2H3. The van der Waals surface area contributed by atoms with Crippen molar-refractivity contribution in [3.8, 4) is 5.69 Å². The van der Waals surface area contributed by atoms with Crippen LogP contribution in [-0.2, 0) is 11.8 Å². The molecule has 160 valence electrons. The molecule has 1 aliphatic rings. The van der Waals surface area contributed by atoms with Crippen LogP contribution in [0.1, 0.15) is 45.3 Å². The van der Waals surface area contributed by atoms with Crippen LogP contribution in [0.25, 0.3) is 5.69 Å². The first-order chi connectivity index (χ1) is 15.0. The normalized spacial score (nSPS) is 14.5. The fourth-order valence-electron chi connectivity index (χ4n) is 3.96. The van der Waals surface area contributed by atoms with Gasteiger partial charge in [-0.1, -0.05) is 18.2 Å². The van der Waals surface area contributed by atoms with Crippen molar-refractivity contribution in [2.24, 2.45) is 7.05 Å². The summed E-state index contributed by atoms with van der Waals surface area (Å²) < 4.78 is 7.72. The van der Waals surface area contributed by atoms with Gasteiger partial charge in [-0.15, -0.1) is 0 Å². The highest BCUT2D eigenvalue weighted by molar-refractivity contribution is 5.96. The molecule has 0 N–H and O–H groups in total. The molecule has 2 aromatic carbocycles. The van der Waals surface area contributed by atoms with Crippen LogP contribution in [-0.4, -0.2) is 51.3 Å². The van der Waals surface area contributed by atoms with E-state index in [1.165, 1.54) is 11.8 Å². The molecule has 1 saturated heterocycles. The van der Waals surface area contributed by atoms with Crippen LogP contribution in [0.15, 0.2) is 59.4 Å². The molecule has 8 heteroatoms. The van der Waals surface area contributed by atoms with E-state index in [1.54, 1.807) is 40.8 Å². The number of carbonyl (C=O) groups excluding carboxylic acids is 2. The van der Waals surface area contributed by atoms with Crippen molar-refractivity contribution >= 4 is 11.9 Å². The largest absolute Gasteiger partial charge is 0.465 e. The van der Waals surface area contributed by atoms with E-state index < -0.39 is 5.97 Å².